The van der Waals surface area contributed by atoms with Gasteiger partial charge in [-0.05, 0) is 55.4 Å². The molecule has 1 fully saturated rings. The molecule has 1 amide bonds. The lowest BCUT2D eigenvalue weighted by molar-refractivity contribution is -0.132. The van der Waals surface area contributed by atoms with Crippen LogP contribution >= 0.6 is 0 Å². The summed E-state index contributed by atoms with van der Waals surface area (Å²) in [5.74, 6) is -1.31. The van der Waals surface area contributed by atoms with Crippen LogP contribution in [0.5, 0.6) is 0 Å². The summed E-state index contributed by atoms with van der Waals surface area (Å²) in [6, 6.07) is 2.33. The molecular formula is C14H19FN2O4S. The number of hydrogen-bond donors (Lipinski definition) is 3. The van der Waals surface area contributed by atoms with Crippen LogP contribution < -0.4 is 10.2 Å². The molecule has 0 bridgehead atoms. The van der Waals surface area contributed by atoms with Crippen molar-refractivity contribution >= 4 is 15.9 Å². The number of rotatable bonds is 6. The van der Waals surface area contributed by atoms with Gasteiger partial charge in [-0.25, -0.2) is 18.3 Å². The fourth-order valence-electron chi connectivity index (χ4n) is 2.38. The van der Waals surface area contributed by atoms with Gasteiger partial charge >= 0.3 is 0 Å². The van der Waals surface area contributed by atoms with Gasteiger partial charge in [-0.2, -0.15) is 4.72 Å². The molecule has 0 aliphatic heterocycles. The molecule has 8 heteroatoms. The number of amides is 1. The molecule has 0 unspecified atom stereocenters. The highest BCUT2D eigenvalue weighted by atomic mass is 32.2. The first kappa shape index (κ1) is 16.9. The van der Waals surface area contributed by atoms with Crippen molar-refractivity contribution in [2.75, 3.05) is 0 Å². The first-order valence-electron chi connectivity index (χ1n) is 6.98. The van der Waals surface area contributed by atoms with Crippen molar-refractivity contribution in [2.45, 2.75) is 37.6 Å². The summed E-state index contributed by atoms with van der Waals surface area (Å²) in [6.45, 7) is 3.22. The summed E-state index contributed by atoms with van der Waals surface area (Å²) in [5, 5.41) is 8.82. The molecule has 1 saturated carbocycles. The summed E-state index contributed by atoms with van der Waals surface area (Å²) >= 11 is 0. The van der Waals surface area contributed by atoms with Crippen LogP contribution in [0, 0.1) is 24.6 Å². The SMILES string of the molecule is Cc1cc(S(=O)(=O)N[C@@H](C(=O)NO)[C@@H](C)C2CC2)ccc1F. The Morgan fingerprint density at radius 3 is 2.55 bits per heavy atom. The lowest BCUT2D eigenvalue weighted by atomic mass is 9.97. The van der Waals surface area contributed by atoms with E-state index in [1.165, 1.54) is 18.5 Å². The second-order valence-corrected chi connectivity index (χ2v) is 7.40. The van der Waals surface area contributed by atoms with E-state index in [9.17, 15) is 17.6 Å². The van der Waals surface area contributed by atoms with Crippen molar-refractivity contribution in [3.05, 3.63) is 29.6 Å². The van der Waals surface area contributed by atoms with Gasteiger partial charge in [-0.15, -0.1) is 0 Å². The number of nitrogens with one attached hydrogen (secondary N) is 2. The molecule has 2 atom stereocenters. The van der Waals surface area contributed by atoms with Crippen LogP contribution in [0.15, 0.2) is 23.1 Å². The highest BCUT2D eigenvalue weighted by Crippen LogP contribution is 2.38. The molecule has 0 aromatic heterocycles. The predicted molar refractivity (Wildman–Crippen MR) is 77.1 cm³/mol. The summed E-state index contributed by atoms with van der Waals surface area (Å²) in [7, 11) is -3.99. The van der Waals surface area contributed by atoms with E-state index in [1.807, 2.05) is 0 Å². The molecule has 2 rings (SSSR count). The zero-order valence-corrected chi connectivity index (χ0v) is 13.2. The molecule has 1 aromatic rings. The Balaban J connectivity index is 2.26. The van der Waals surface area contributed by atoms with Crippen molar-refractivity contribution in [1.82, 2.24) is 10.2 Å². The minimum absolute atomic E-state index is 0.120. The van der Waals surface area contributed by atoms with E-state index < -0.39 is 27.8 Å². The quantitative estimate of drug-likeness (QED) is 0.542. The van der Waals surface area contributed by atoms with E-state index in [0.717, 1.165) is 25.0 Å². The fourth-order valence-corrected chi connectivity index (χ4v) is 3.75. The number of carbonyl (C=O) groups is 1. The fraction of sp³-hybridized carbons (Fsp3) is 0.500. The number of aryl methyl sites for hydroxylation is 1. The second-order valence-electron chi connectivity index (χ2n) is 5.68. The van der Waals surface area contributed by atoms with Gasteiger partial charge < -0.3 is 0 Å². The minimum Gasteiger partial charge on any atom is -0.289 e. The Labute approximate surface area is 128 Å². The maximum Gasteiger partial charge on any atom is 0.261 e. The van der Waals surface area contributed by atoms with Crippen LogP contribution in [0.1, 0.15) is 25.3 Å². The molecule has 0 radical (unpaired) electrons. The Morgan fingerprint density at radius 2 is 2.05 bits per heavy atom. The molecular weight excluding hydrogens is 311 g/mol. The lowest BCUT2D eigenvalue weighted by Crippen LogP contribution is -2.50. The van der Waals surface area contributed by atoms with Crippen LogP contribution in [-0.4, -0.2) is 25.6 Å². The normalized spacial score (nSPS) is 17.8. The third-order valence-electron chi connectivity index (χ3n) is 4.01. The Bertz CT molecular complexity index is 673. The molecule has 3 N–H and O–H groups in total. The van der Waals surface area contributed by atoms with E-state index in [4.69, 9.17) is 5.21 Å². The maximum atomic E-state index is 13.3. The van der Waals surface area contributed by atoms with Crippen molar-refractivity contribution in [3.63, 3.8) is 0 Å². The summed E-state index contributed by atoms with van der Waals surface area (Å²) in [5.41, 5.74) is 1.69. The molecule has 0 saturated heterocycles. The van der Waals surface area contributed by atoms with Gasteiger partial charge in [-0.3, -0.25) is 10.0 Å². The summed E-state index contributed by atoms with van der Waals surface area (Å²) in [4.78, 5) is 11.6. The number of carbonyl (C=O) groups excluding carboxylic acids is 1. The molecule has 1 aliphatic carbocycles. The molecule has 122 valence electrons. The maximum absolute atomic E-state index is 13.3. The van der Waals surface area contributed by atoms with Gasteiger partial charge in [0.1, 0.15) is 11.9 Å². The minimum atomic E-state index is -3.99. The summed E-state index contributed by atoms with van der Waals surface area (Å²) in [6.07, 6.45) is 1.85. The number of hydroxylamine groups is 1. The Hall–Kier alpha value is -1.51. The van der Waals surface area contributed by atoms with Gasteiger partial charge in [0.15, 0.2) is 0 Å². The second kappa shape index (κ2) is 6.31. The van der Waals surface area contributed by atoms with Crippen LogP contribution in [0.25, 0.3) is 0 Å². The largest absolute Gasteiger partial charge is 0.289 e. The van der Waals surface area contributed by atoms with Crippen molar-refractivity contribution in [1.29, 1.82) is 0 Å². The third-order valence-corrected chi connectivity index (χ3v) is 5.44. The number of benzene rings is 1. The Morgan fingerprint density at radius 1 is 1.41 bits per heavy atom. The van der Waals surface area contributed by atoms with E-state index in [-0.39, 0.29) is 22.3 Å². The van der Waals surface area contributed by atoms with Crippen molar-refractivity contribution in [2.24, 2.45) is 11.8 Å². The average Bonchev–Trinajstić information content (AvgIpc) is 3.30. The molecule has 22 heavy (non-hydrogen) atoms. The first-order valence-corrected chi connectivity index (χ1v) is 8.47. The number of halogens is 1. The van der Waals surface area contributed by atoms with E-state index in [2.05, 4.69) is 4.72 Å². The molecule has 1 aromatic carbocycles. The van der Waals surface area contributed by atoms with Crippen LogP contribution in [0.2, 0.25) is 0 Å². The van der Waals surface area contributed by atoms with E-state index in [0.29, 0.717) is 0 Å². The van der Waals surface area contributed by atoms with Gasteiger partial charge in [0.2, 0.25) is 10.0 Å². The van der Waals surface area contributed by atoms with Gasteiger partial charge in [0, 0.05) is 0 Å². The number of sulfonamides is 1. The molecule has 1 aliphatic rings. The van der Waals surface area contributed by atoms with Crippen LogP contribution in [0.3, 0.4) is 0 Å². The monoisotopic (exact) mass is 330 g/mol. The predicted octanol–water partition coefficient (Wildman–Crippen LogP) is 1.33. The average molecular weight is 330 g/mol. The van der Waals surface area contributed by atoms with Crippen molar-refractivity contribution < 1.29 is 22.8 Å². The van der Waals surface area contributed by atoms with Gasteiger partial charge in [-0.1, -0.05) is 6.92 Å². The molecule has 0 heterocycles. The smallest absolute Gasteiger partial charge is 0.261 e. The Kier molecular flexibility index (Phi) is 4.84. The topological polar surface area (TPSA) is 95.5 Å². The highest BCUT2D eigenvalue weighted by Gasteiger charge is 2.39. The van der Waals surface area contributed by atoms with Crippen LogP contribution in [-0.2, 0) is 14.8 Å². The lowest BCUT2D eigenvalue weighted by Gasteiger charge is -2.23. The highest BCUT2D eigenvalue weighted by molar-refractivity contribution is 7.89. The van der Waals surface area contributed by atoms with E-state index in [1.54, 1.807) is 6.92 Å². The zero-order valence-electron chi connectivity index (χ0n) is 12.3. The number of hydrogen-bond acceptors (Lipinski definition) is 4. The van der Waals surface area contributed by atoms with Crippen molar-refractivity contribution in [3.8, 4) is 0 Å². The van der Waals surface area contributed by atoms with Gasteiger partial charge in [0.25, 0.3) is 5.91 Å². The first-order chi connectivity index (χ1) is 10.3. The standard InChI is InChI=1S/C14H19FN2O4S/c1-8-7-11(5-6-12(8)15)22(20,21)17-13(14(18)16-19)9(2)10-3-4-10/h5-7,9-10,13,17,19H,3-4H2,1-2H3,(H,16,18)/t9-,13+/m0/s1. The van der Waals surface area contributed by atoms with Crippen LogP contribution in [0.4, 0.5) is 4.39 Å². The third kappa shape index (κ3) is 3.63. The summed E-state index contributed by atoms with van der Waals surface area (Å²) < 4.78 is 40.3. The van der Waals surface area contributed by atoms with Gasteiger partial charge in [0.05, 0.1) is 4.90 Å². The zero-order chi connectivity index (χ0) is 16.5. The van der Waals surface area contributed by atoms with E-state index >= 15 is 0 Å². The molecule has 0 spiro atoms. The molecule has 6 nitrogen and oxygen atoms in total.